The molecule has 0 aliphatic rings. The molecule has 0 saturated carbocycles. The predicted octanol–water partition coefficient (Wildman–Crippen LogP) is 3.80. The lowest BCUT2D eigenvalue weighted by Gasteiger charge is -2.11. The van der Waals surface area contributed by atoms with Crippen molar-refractivity contribution in [2.45, 2.75) is 17.4 Å². The van der Waals surface area contributed by atoms with E-state index in [9.17, 15) is 18.3 Å². The van der Waals surface area contributed by atoms with Gasteiger partial charge in [0.15, 0.2) is 0 Å². The van der Waals surface area contributed by atoms with Crippen LogP contribution in [0.2, 0.25) is 0 Å². The highest BCUT2D eigenvalue weighted by atomic mass is 32.2. The van der Waals surface area contributed by atoms with Crippen molar-refractivity contribution in [2.75, 3.05) is 5.75 Å². The maximum absolute atomic E-state index is 13.4. The number of thioether (sulfide) groups is 1. The van der Waals surface area contributed by atoms with Gasteiger partial charge < -0.3 is 5.11 Å². The van der Waals surface area contributed by atoms with Crippen LogP contribution in [0.4, 0.5) is 13.2 Å². The standard InChI is InChI=1S/C15H13F3OS/c16-11-5-10(6-12(17)8-11)7-13(19)9-20-15-4-2-1-3-14(15)18/h1-6,8,13,19H,7,9H2. The molecule has 20 heavy (non-hydrogen) atoms. The summed E-state index contributed by atoms with van der Waals surface area (Å²) < 4.78 is 39.4. The van der Waals surface area contributed by atoms with Crippen molar-refractivity contribution in [3.63, 3.8) is 0 Å². The molecule has 1 nitrogen and oxygen atoms in total. The molecule has 0 bridgehead atoms. The van der Waals surface area contributed by atoms with Gasteiger partial charge in [-0.25, -0.2) is 13.2 Å². The van der Waals surface area contributed by atoms with Crippen LogP contribution in [0.15, 0.2) is 47.4 Å². The summed E-state index contributed by atoms with van der Waals surface area (Å²) in [7, 11) is 0. The number of halogens is 3. The van der Waals surface area contributed by atoms with E-state index >= 15 is 0 Å². The largest absolute Gasteiger partial charge is 0.392 e. The maximum Gasteiger partial charge on any atom is 0.136 e. The molecular formula is C15H13F3OS. The van der Waals surface area contributed by atoms with E-state index < -0.39 is 17.7 Å². The van der Waals surface area contributed by atoms with Crippen LogP contribution in [-0.4, -0.2) is 17.0 Å². The normalized spacial score (nSPS) is 12.4. The quantitative estimate of drug-likeness (QED) is 0.847. The van der Waals surface area contributed by atoms with Gasteiger partial charge in [0, 0.05) is 16.7 Å². The molecular weight excluding hydrogens is 285 g/mol. The molecule has 0 fully saturated rings. The molecule has 0 spiro atoms. The summed E-state index contributed by atoms with van der Waals surface area (Å²) in [5, 5.41) is 9.85. The Bertz CT molecular complexity index is 569. The Morgan fingerprint density at radius 3 is 2.30 bits per heavy atom. The summed E-state index contributed by atoms with van der Waals surface area (Å²) in [4.78, 5) is 0.442. The van der Waals surface area contributed by atoms with Crippen molar-refractivity contribution < 1.29 is 18.3 Å². The average Bonchev–Trinajstić information content (AvgIpc) is 2.36. The molecule has 2 aromatic carbocycles. The highest BCUT2D eigenvalue weighted by Crippen LogP contribution is 2.22. The summed E-state index contributed by atoms with van der Waals surface area (Å²) in [5.41, 5.74) is 0.379. The minimum Gasteiger partial charge on any atom is -0.392 e. The molecule has 0 saturated heterocycles. The highest BCUT2D eigenvalue weighted by molar-refractivity contribution is 7.99. The molecule has 5 heteroatoms. The van der Waals surface area contributed by atoms with Crippen molar-refractivity contribution in [3.05, 3.63) is 65.5 Å². The molecule has 1 atom stereocenters. The lowest BCUT2D eigenvalue weighted by molar-refractivity contribution is 0.200. The molecule has 0 aliphatic heterocycles. The van der Waals surface area contributed by atoms with Crippen LogP contribution in [-0.2, 0) is 6.42 Å². The first-order valence-electron chi connectivity index (χ1n) is 6.05. The molecule has 106 valence electrons. The summed E-state index contributed by atoms with van der Waals surface area (Å²) in [5.74, 6) is -1.44. The molecule has 1 unspecified atom stereocenters. The van der Waals surface area contributed by atoms with E-state index in [0.717, 1.165) is 6.07 Å². The minimum absolute atomic E-state index is 0.121. The molecule has 0 aliphatic carbocycles. The van der Waals surface area contributed by atoms with Gasteiger partial charge in [-0.3, -0.25) is 0 Å². The Balaban J connectivity index is 1.92. The monoisotopic (exact) mass is 298 g/mol. The van der Waals surface area contributed by atoms with E-state index in [1.807, 2.05) is 0 Å². The highest BCUT2D eigenvalue weighted by Gasteiger charge is 2.10. The van der Waals surface area contributed by atoms with Crippen molar-refractivity contribution in [1.82, 2.24) is 0 Å². The van der Waals surface area contributed by atoms with Gasteiger partial charge in [-0.05, 0) is 36.2 Å². The van der Waals surface area contributed by atoms with Gasteiger partial charge in [0.25, 0.3) is 0 Å². The topological polar surface area (TPSA) is 20.2 Å². The van der Waals surface area contributed by atoms with Crippen molar-refractivity contribution in [3.8, 4) is 0 Å². The fraction of sp³-hybridized carbons (Fsp3) is 0.200. The van der Waals surface area contributed by atoms with Gasteiger partial charge in [0.2, 0.25) is 0 Å². The first-order valence-corrected chi connectivity index (χ1v) is 7.03. The zero-order valence-electron chi connectivity index (χ0n) is 10.5. The predicted molar refractivity (Wildman–Crippen MR) is 73.2 cm³/mol. The molecule has 2 aromatic rings. The third kappa shape index (κ3) is 4.28. The Morgan fingerprint density at radius 2 is 1.65 bits per heavy atom. The Labute approximate surface area is 119 Å². The summed E-state index contributed by atoms with van der Waals surface area (Å²) in [6.45, 7) is 0. The zero-order valence-corrected chi connectivity index (χ0v) is 11.3. The number of hydrogen-bond acceptors (Lipinski definition) is 2. The maximum atomic E-state index is 13.4. The summed E-state index contributed by atoms with van der Waals surface area (Å²) in [6.07, 6.45) is -0.684. The van der Waals surface area contributed by atoms with E-state index in [2.05, 4.69) is 0 Å². The van der Waals surface area contributed by atoms with Crippen molar-refractivity contribution in [1.29, 1.82) is 0 Å². The fourth-order valence-corrected chi connectivity index (χ4v) is 2.68. The van der Waals surface area contributed by atoms with E-state index in [1.54, 1.807) is 18.2 Å². The molecule has 0 aromatic heterocycles. The van der Waals surface area contributed by atoms with Crippen molar-refractivity contribution in [2.24, 2.45) is 0 Å². The summed E-state index contributed by atoms with van der Waals surface area (Å²) >= 11 is 1.17. The zero-order chi connectivity index (χ0) is 14.5. The average molecular weight is 298 g/mol. The van der Waals surface area contributed by atoms with Crippen LogP contribution < -0.4 is 0 Å². The third-order valence-corrected chi connectivity index (χ3v) is 3.86. The van der Waals surface area contributed by atoms with E-state index in [1.165, 1.54) is 30.0 Å². The van der Waals surface area contributed by atoms with Crippen molar-refractivity contribution >= 4 is 11.8 Å². The Hall–Kier alpha value is -1.46. The second-order valence-electron chi connectivity index (χ2n) is 4.38. The van der Waals surface area contributed by atoms with Crippen LogP contribution in [0, 0.1) is 17.5 Å². The molecule has 0 amide bonds. The number of hydrogen-bond donors (Lipinski definition) is 1. The number of aliphatic hydroxyl groups excluding tert-OH is 1. The van der Waals surface area contributed by atoms with Crippen LogP contribution in [0.5, 0.6) is 0 Å². The third-order valence-electron chi connectivity index (χ3n) is 2.66. The molecule has 0 radical (unpaired) electrons. The second kappa shape index (κ2) is 6.81. The van der Waals surface area contributed by atoms with Gasteiger partial charge in [-0.15, -0.1) is 11.8 Å². The van der Waals surface area contributed by atoms with Gasteiger partial charge in [-0.1, -0.05) is 12.1 Å². The lowest BCUT2D eigenvalue weighted by atomic mass is 10.1. The first-order chi connectivity index (χ1) is 9.54. The Morgan fingerprint density at radius 1 is 1.00 bits per heavy atom. The Kier molecular flexibility index (Phi) is 5.09. The van der Waals surface area contributed by atoms with Gasteiger partial charge in [0.1, 0.15) is 17.5 Å². The lowest BCUT2D eigenvalue weighted by Crippen LogP contribution is -2.14. The molecule has 2 rings (SSSR count). The van der Waals surface area contributed by atoms with Gasteiger partial charge in [-0.2, -0.15) is 0 Å². The van der Waals surface area contributed by atoms with E-state index in [0.29, 0.717) is 10.5 Å². The first kappa shape index (κ1) is 14.9. The SMILES string of the molecule is OC(CSc1ccccc1F)Cc1cc(F)cc(F)c1. The smallest absolute Gasteiger partial charge is 0.136 e. The van der Waals surface area contributed by atoms with E-state index in [-0.39, 0.29) is 18.0 Å². The van der Waals surface area contributed by atoms with Crippen LogP contribution >= 0.6 is 11.8 Å². The minimum atomic E-state index is -0.805. The van der Waals surface area contributed by atoms with Crippen LogP contribution in [0.1, 0.15) is 5.56 Å². The van der Waals surface area contributed by atoms with E-state index in [4.69, 9.17) is 0 Å². The molecule has 0 heterocycles. The fourth-order valence-electron chi connectivity index (χ4n) is 1.81. The van der Waals surface area contributed by atoms with Gasteiger partial charge >= 0.3 is 0 Å². The van der Waals surface area contributed by atoms with Crippen LogP contribution in [0.3, 0.4) is 0 Å². The van der Waals surface area contributed by atoms with Crippen LogP contribution in [0.25, 0.3) is 0 Å². The molecule has 1 N–H and O–H groups in total. The number of aliphatic hydroxyl groups is 1. The summed E-state index contributed by atoms with van der Waals surface area (Å²) in [6, 6.07) is 9.40. The van der Waals surface area contributed by atoms with Gasteiger partial charge in [0.05, 0.1) is 6.10 Å². The second-order valence-corrected chi connectivity index (χ2v) is 5.44. The number of benzene rings is 2. The number of rotatable bonds is 5.